The van der Waals surface area contributed by atoms with Gasteiger partial charge in [0.2, 0.25) is 5.78 Å². The summed E-state index contributed by atoms with van der Waals surface area (Å²) in [5.74, 6) is 0.512. The van der Waals surface area contributed by atoms with Crippen LogP contribution in [0.4, 0.5) is 0 Å². The van der Waals surface area contributed by atoms with E-state index in [1.54, 1.807) is 31.2 Å². The fourth-order valence-corrected chi connectivity index (χ4v) is 2.51. The largest absolute Gasteiger partial charge is 0.482 e. The fourth-order valence-electron chi connectivity index (χ4n) is 2.51. The molecule has 1 heterocycles. The van der Waals surface area contributed by atoms with Crippen LogP contribution in [0.3, 0.4) is 0 Å². The summed E-state index contributed by atoms with van der Waals surface area (Å²) in [7, 11) is 0. The molecule has 0 unspecified atom stereocenters. The van der Waals surface area contributed by atoms with Crippen molar-refractivity contribution in [2.45, 2.75) is 13.8 Å². The van der Waals surface area contributed by atoms with E-state index in [-0.39, 0.29) is 18.1 Å². The van der Waals surface area contributed by atoms with Gasteiger partial charge in [-0.3, -0.25) is 4.79 Å². The molecule has 0 saturated heterocycles. The van der Waals surface area contributed by atoms with Crippen molar-refractivity contribution < 1.29 is 23.8 Å². The van der Waals surface area contributed by atoms with Gasteiger partial charge in [0.15, 0.2) is 12.4 Å². The molecule has 5 heteroatoms. The second kappa shape index (κ2) is 7.21. The number of benzene rings is 2. The van der Waals surface area contributed by atoms with Gasteiger partial charge in [-0.15, -0.1) is 0 Å². The molecule has 25 heavy (non-hydrogen) atoms. The number of hydrogen-bond acceptors (Lipinski definition) is 5. The number of esters is 1. The maximum atomic E-state index is 12.4. The highest BCUT2D eigenvalue weighted by atomic mass is 16.6. The standard InChI is InChI=1S/C20H18O5/c1-3-23-19(21)12-24-15-7-8-16-17(11-15)25-18(20(16)22)10-14-6-4-5-13(2)9-14/h4-11H,3,12H2,1-2H3. The normalized spacial score (nSPS) is 14.2. The van der Waals surface area contributed by atoms with Crippen molar-refractivity contribution >= 4 is 17.8 Å². The van der Waals surface area contributed by atoms with Crippen molar-refractivity contribution in [3.63, 3.8) is 0 Å². The topological polar surface area (TPSA) is 61.8 Å². The van der Waals surface area contributed by atoms with Crippen molar-refractivity contribution in [3.05, 3.63) is 64.9 Å². The van der Waals surface area contributed by atoms with Gasteiger partial charge >= 0.3 is 5.97 Å². The van der Waals surface area contributed by atoms with Crippen molar-refractivity contribution in [2.24, 2.45) is 0 Å². The summed E-state index contributed by atoms with van der Waals surface area (Å²) in [6, 6.07) is 12.7. The zero-order valence-corrected chi connectivity index (χ0v) is 14.1. The van der Waals surface area contributed by atoms with Gasteiger partial charge in [-0.05, 0) is 37.6 Å². The maximum absolute atomic E-state index is 12.4. The van der Waals surface area contributed by atoms with E-state index in [0.29, 0.717) is 23.7 Å². The third-order valence-electron chi connectivity index (χ3n) is 3.64. The van der Waals surface area contributed by atoms with Gasteiger partial charge in [0, 0.05) is 6.07 Å². The molecule has 1 aliphatic heterocycles. The highest BCUT2D eigenvalue weighted by Crippen LogP contribution is 2.34. The first kappa shape index (κ1) is 16.8. The number of Topliss-reactive ketones (excluding diaryl/α,β-unsaturated/α-hetero) is 1. The Bertz CT molecular complexity index is 851. The Morgan fingerprint density at radius 3 is 2.80 bits per heavy atom. The van der Waals surface area contributed by atoms with Gasteiger partial charge in [-0.25, -0.2) is 4.79 Å². The summed E-state index contributed by atoms with van der Waals surface area (Å²) < 4.78 is 15.8. The van der Waals surface area contributed by atoms with Crippen LogP contribution in [0.25, 0.3) is 6.08 Å². The Kier molecular flexibility index (Phi) is 4.84. The van der Waals surface area contributed by atoms with Crippen molar-refractivity contribution in [1.82, 2.24) is 0 Å². The number of carbonyl (C=O) groups excluding carboxylic acids is 2. The monoisotopic (exact) mass is 338 g/mol. The van der Waals surface area contributed by atoms with Crippen molar-refractivity contribution in [3.8, 4) is 11.5 Å². The van der Waals surface area contributed by atoms with E-state index in [4.69, 9.17) is 14.2 Å². The van der Waals surface area contributed by atoms with E-state index in [9.17, 15) is 9.59 Å². The van der Waals surface area contributed by atoms with Gasteiger partial charge in [0.1, 0.15) is 11.5 Å². The highest BCUT2D eigenvalue weighted by Gasteiger charge is 2.27. The van der Waals surface area contributed by atoms with Gasteiger partial charge in [0.25, 0.3) is 0 Å². The van der Waals surface area contributed by atoms with Crippen LogP contribution in [0.15, 0.2) is 48.2 Å². The summed E-state index contributed by atoms with van der Waals surface area (Å²) in [5.41, 5.74) is 2.48. The molecule has 0 saturated carbocycles. The molecule has 0 spiro atoms. The molecule has 0 atom stereocenters. The molecule has 0 fully saturated rings. The Morgan fingerprint density at radius 2 is 2.04 bits per heavy atom. The lowest BCUT2D eigenvalue weighted by Gasteiger charge is -2.06. The zero-order valence-electron chi connectivity index (χ0n) is 14.1. The molecular formula is C20H18O5. The molecular weight excluding hydrogens is 320 g/mol. The molecule has 2 aromatic rings. The number of fused-ring (bicyclic) bond motifs is 1. The molecule has 0 bridgehead atoms. The highest BCUT2D eigenvalue weighted by molar-refractivity contribution is 6.14. The maximum Gasteiger partial charge on any atom is 0.344 e. The molecule has 0 radical (unpaired) electrons. The lowest BCUT2D eigenvalue weighted by molar-refractivity contribution is -0.145. The van der Waals surface area contributed by atoms with Crippen LogP contribution in [0.5, 0.6) is 11.5 Å². The van der Waals surface area contributed by atoms with E-state index < -0.39 is 5.97 Å². The average Bonchev–Trinajstić information content (AvgIpc) is 2.89. The van der Waals surface area contributed by atoms with Gasteiger partial charge in [-0.1, -0.05) is 29.8 Å². The van der Waals surface area contributed by atoms with Crippen LogP contribution in [0.1, 0.15) is 28.4 Å². The number of allylic oxidation sites excluding steroid dienone is 1. The van der Waals surface area contributed by atoms with Crippen LogP contribution in [0.2, 0.25) is 0 Å². The Balaban J connectivity index is 1.76. The number of ether oxygens (including phenoxy) is 3. The Hall–Kier alpha value is -3.08. The van der Waals surface area contributed by atoms with Crippen LogP contribution in [-0.4, -0.2) is 25.0 Å². The first-order valence-electron chi connectivity index (χ1n) is 8.00. The van der Waals surface area contributed by atoms with Crippen molar-refractivity contribution in [1.29, 1.82) is 0 Å². The minimum Gasteiger partial charge on any atom is -0.482 e. The van der Waals surface area contributed by atoms with E-state index in [1.165, 1.54) is 0 Å². The first-order valence-corrected chi connectivity index (χ1v) is 8.00. The molecule has 0 aromatic heterocycles. The SMILES string of the molecule is CCOC(=O)COc1ccc2c(c1)OC(=Cc1cccc(C)c1)C2=O. The number of rotatable bonds is 5. The molecule has 2 aromatic carbocycles. The van der Waals surface area contributed by atoms with Crippen LogP contribution in [-0.2, 0) is 9.53 Å². The van der Waals surface area contributed by atoms with Crippen LogP contribution in [0, 0.1) is 6.92 Å². The third kappa shape index (κ3) is 3.88. The Labute approximate surface area is 145 Å². The summed E-state index contributed by atoms with van der Waals surface area (Å²) in [5, 5.41) is 0. The quantitative estimate of drug-likeness (QED) is 0.616. The summed E-state index contributed by atoms with van der Waals surface area (Å²) in [6.07, 6.45) is 1.72. The summed E-state index contributed by atoms with van der Waals surface area (Å²) in [4.78, 5) is 23.8. The fraction of sp³-hybridized carbons (Fsp3) is 0.200. The molecule has 0 N–H and O–H groups in total. The molecule has 3 rings (SSSR count). The Morgan fingerprint density at radius 1 is 1.20 bits per heavy atom. The van der Waals surface area contributed by atoms with E-state index in [0.717, 1.165) is 11.1 Å². The zero-order chi connectivity index (χ0) is 17.8. The van der Waals surface area contributed by atoms with Crippen molar-refractivity contribution in [2.75, 3.05) is 13.2 Å². The van der Waals surface area contributed by atoms with Gasteiger partial charge in [0.05, 0.1) is 12.2 Å². The second-order valence-electron chi connectivity index (χ2n) is 5.61. The number of ketones is 1. The smallest absolute Gasteiger partial charge is 0.344 e. The predicted octanol–water partition coefficient (Wildman–Crippen LogP) is 3.55. The second-order valence-corrected chi connectivity index (χ2v) is 5.61. The van der Waals surface area contributed by atoms with E-state index in [2.05, 4.69) is 0 Å². The third-order valence-corrected chi connectivity index (χ3v) is 3.64. The number of aryl methyl sites for hydroxylation is 1. The summed E-state index contributed by atoms with van der Waals surface area (Å²) in [6.45, 7) is 3.83. The summed E-state index contributed by atoms with van der Waals surface area (Å²) >= 11 is 0. The average molecular weight is 338 g/mol. The van der Waals surface area contributed by atoms with Gasteiger partial charge < -0.3 is 14.2 Å². The molecule has 128 valence electrons. The van der Waals surface area contributed by atoms with Gasteiger partial charge in [-0.2, -0.15) is 0 Å². The first-order chi connectivity index (χ1) is 12.1. The minimum absolute atomic E-state index is 0.173. The molecule has 0 amide bonds. The number of hydrogen-bond donors (Lipinski definition) is 0. The number of carbonyl (C=O) groups is 2. The molecule has 0 aliphatic carbocycles. The van der Waals surface area contributed by atoms with Crippen LogP contribution < -0.4 is 9.47 Å². The lowest BCUT2D eigenvalue weighted by atomic mass is 10.1. The molecule has 5 nitrogen and oxygen atoms in total. The molecule has 1 aliphatic rings. The van der Waals surface area contributed by atoms with E-state index in [1.807, 2.05) is 31.2 Å². The predicted molar refractivity (Wildman–Crippen MR) is 92.7 cm³/mol. The minimum atomic E-state index is -0.444. The van der Waals surface area contributed by atoms with E-state index >= 15 is 0 Å². The lowest BCUT2D eigenvalue weighted by Crippen LogP contribution is -2.14. The van der Waals surface area contributed by atoms with Crippen LogP contribution >= 0.6 is 0 Å².